The predicted octanol–water partition coefficient (Wildman–Crippen LogP) is 2.86. The van der Waals surface area contributed by atoms with E-state index in [2.05, 4.69) is 53.1 Å². The van der Waals surface area contributed by atoms with E-state index in [1.54, 1.807) is 0 Å². The van der Waals surface area contributed by atoms with Crippen LogP contribution in [0, 0.1) is 6.92 Å². The molecule has 0 fully saturated rings. The van der Waals surface area contributed by atoms with Crippen LogP contribution in [0.25, 0.3) is 11.4 Å². The summed E-state index contributed by atoms with van der Waals surface area (Å²) < 4.78 is 0. The molecule has 1 atom stereocenters. The number of benzene rings is 1. The number of aromatic nitrogens is 3. The van der Waals surface area contributed by atoms with Crippen LogP contribution in [-0.4, -0.2) is 21.5 Å². The molecule has 1 heterocycles. The second-order valence-electron chi connectivity index (χ2n) is 5.09. The van der Waals surface area contributed by atoms with Gasteiger partial charge in [0.15, 0.2) is 5.82 Å². The number of hydrogen-bond donors (Lipinski definition) is 1. The molecule has 4 nitrogen and oxygen atoms in total. The van der Waals surface area contributed by atoms with Crippen molar-refractivity contribution < 1.29 is 0 Å². The van der Waals surface area contributed by atoms with E-state index in [1.165, 1.54) is 5.56 Å². The molecule has 0 saturated heterocycles. The van der Waals surface area contributed by atoms with Crippen molar-refractivity contribution in [2.75, 3.05) is 6.54 Å². The summed E-state index contributed by atoms with van der Waals surface area (Å²) in [5.74, 6) is 2.82. The van der Waals surface area contributed by atoms with Gasteiger partial charge in [-0.05, 0) is 31.4 Å². The van der Waals surface area contributed by atoms with Gasteiger partial charge >= 0.3 is 0 Å². The van der Waals surface area contributed by atoms with E-state index >= 15 is 0 Å². The lowest BCUT2D eigenvalue weighted by Gasteiger charge is -2.10. The van der Waals surface area contributed by atoms with Gasteiger partial charge in [-0.3, -0.25) is 0 Å². The minimum Gasteiger partial charge on any atom is -0.330 e. The van der Waals surface area contributed by atoms with Gasteiger partial charge < -0.3 is 5.73 Å². The van der Waals surface area contributed by atoms with Crippen molar-refractivity contribution in [1.82, 2.24) is 15.0 Å². The molecule has 0 saturated carbocycles. The number of nitrogens with zero attached hydrogens (tertiary/aromatic N) is 3. The van der Waals surface area contributed by atoms with Gasteiger partial charge in [0.05, 0.1) is 0 Å². The number of hydrogen-bond acceptors (Lipinski definition) is 4. The Balaban J connectivity index is 2.31. The lowest BCUT2D eigenvalue weighted by Crippen LogP contribution is -2.09. The molecule has 106 valence electrons. The molecule has 20 heavy (non-hydrogen) atoms. The van der Waals surface area contributed by atoms with E-state index in [1.807, 2.05) is 6.92 Å². The van der Waals surface area contributed by atoms with Gasteiger partial charge in [0.1, 0.15) is 11.6 Å². The molecule has 1 unspecified atom stereocenters. The summed E-state index contributed by atoms with van der Waals surface area (Å²) in [7, 11) is 0. The SMILES string of the molecule is CCC(C)c1ccc(-c2nc(C)nc(CCN)n2)cc1. The van der Waals surface area contributed by atoms with E-state index in [9.17, 15) is 0 Å². The fourth-order valence-corrected chi connectivity index (χ4v) is 2.10. The van der Waals surface area contributed by atoms with E-state index in [0.717, 1.165) is 29.5 Å². The first-order valence-corrected chi connectivity index (χ1v) is 7.16. The molecule has 0 aliphatic rings. The molecule has 1 aromatic heterocycles. The molecule has 0 aliphatic heterocycles. The summed E-state index contributed by atoms with van der Waals surface area (Å²) in [6.45, 7) is 6.88. The molecule has 0 amide bonds. The van der Waals surface area contributed by atoms with Crippen molar-refractivity contribution in [3.63, 3.8) is 0 Å². The zero-order valence-electron chi connectivity index (χ0n) is 12.4. The average Bonchev–Trinajstić information content (AvgIpc) is 2.46. The summed E-state index contributed by atoms with van der Waals surface area (Å²) in [4.78, 5) is 13.2. The van der Waals surface area contributed by atoms with E-state index in [0.29, 0.717) is 18.9 Å². The Morgan fingerprint density at radius 3 is 2.40 bits per heavy atom. The zero-order valence-corrected chi connectivity index (χ0v) is 12.4. The predicted molar refractivity (Wildman–Crippen MR) is 81.5 cm³/mol. The molecule has 1 aromatic carbocycles. The summed E-state index contributed by atoms with van der Waals surface area (Å²) in [5.41, 5.74) is 7.95. The fourth-order valence-electron chi connectivity index (χ4n) is 2.10. The first-order chi connectivity index (χ1) is 9.63. The normalized spacial score (nSPS) is 12.4. The van der Waals surface area contributed by atoms with Gasteiger partial charge in [-0.15, -0.1) is 0 Å². The Morgan fingerprint density at radius 1 is 1.10 bits per heavy atom. The van der Waals surface area contributed by atoms with Crippen molar-refractivity contribution in [3.8, 4) is 11.4 Å². The quantitative estimate of drug-likeness (QED) is 0.907. The standard InChI is InChI=1S/C16H22N4/c1-4-11(2)13-5-7-14(8-6-13)16-19-12(3)18-15(20-16)9-10-17/h5-8,11H,4,9-10,17H2,1-3H3. The van der Waals surface area contributed by atoms with Crippen LogP contribution >= 0.6 is 0 Å². The lowest BCUT2D eigenvalue weighted by molar-refractivity contribution is 0.733. The van der Waals surface area contributed by atoms with Crippen molar-refractivity contribution >= 4 is 0 Å². The third kappa shape index (κ3) is 3.39. The van der Waals surface area contributed by atoms with Crippen LogP contribution in [0.15, 0.2) is 24.3 Å². The highest BCUT2D eigenvalue weighted by Crippen LogP contribution is 2.22. The van der Waals surface area contributed by atoms with Crippen molar-refractivity contribution in [3.05, 3.63) is 41.5 Å². The highest BCUT2D eigenvalue weighted by molar-refractivity contribution is 5.55. The second-order valence-corrected chi connectivity index (χ2v) is 5.09. The van der Waals surface area contributed by atoms with Crippen molar-refractivity contribution in [2.24, 2.45) is 5.73 Å². The number of nitrogens with two attached hydrogens (primary N) is 1. The van der Waals surface area contributed by atoms with E-state index in [4.69, 9.17) is 5.73 Å². The molecule has 4 heteroatoms. The first kappa shape index (κ1) is 14.6. The van der Waals surface area contributed by atoms with Gasteiger partial charge in [0, 0.05) is 12.0 Å². The monoisotopic (exact) mass is 270 g/mol. The zero-order chi connectivity index (χ0) is 14.5. The van der Waals surface area contributed by atoms with Crippen LogP contribution in [-0.2, 0) is 6.42 Å². The van der Waals surface area contributed by atoms with Gasteiger partial charge in [0.25, 0.3) is 0 Å². The molecule has 0 spiro atoms. The van der Waals surface area contributed by atoms with E-state index in [-0.39, 0.29) is 0 Å². The lowest BCUT2D eigenvalue weighted by atomic mass is 9.97. The molecule has 2 aromatic rings. The van der Waals surface area contributed by atoms with Gasteiger partial charge in [0.2, 0.25) is 0 Å². The Morgan fingerprint density at radius 2 is 1.80 bits per heavy atom. The summed E-state index contributed by atoms with van der Waals surface area (Å²) in [6.07, 6.45) is 1.83. The van der Waals surface area contributed by atoms with Gasteiger partial charge in [-0.25, -0.2) is 15.0 Å². The molecular weight excluding hydrogens is 248 g/mol. The average molecular weight is 270 g/mol. The maximum atomic E-state index is 5.57. The molecular formula is C16H22N4. The smallest absolute Gasteiger partial charge is 0.163 e. The molecule has 2 N–H and O–H groups in total. The Hall–Kier alpha value is -1.81. The minimum absolute atomic E-state index is 0.551. The Bertz CT molecular complexity index is 563. The largest absolute Gasteiger partial charge is 0.330 e. The maximum Gasteiger partial charge on any atom is 0.163 e. The van der Waals surface area contributed by atoms with Crippen LogP contribution in [0.3, 0.4) is 0 Å². The number of rotatable bonds is 5. The Kier molecular flexibility index (Phi) is 4.79. The van der Waals surface area contributed by atoms with Crippen molar-refractivity contribution in [2.45, 2.75) is 39.5 Å². The highest BCUT2D eigenvalue weighted by Gasteiger charge is 2.07. The number of aryl methyl sites for hydroxylation is 1. The highest BCUT2D eigenvalue weighted by atomic mass is 15.0. The summed E-state index contributed by atoms with van der Waals surface area (Å²) in [5, 5.41) is 0. The van der Waals surface area contributed by atoms with Crippen LogP contribution in [0.5, 0.6) is 0 Å². The van der Waals surface area contributed by atoms with Gasteiger partial charge in [-0.2, -0.15) is 0 Å². The Labute approximate surface area is 120 Å². The van der Waals surface area contributed by atoms with Crippen LogP contribution in [0.1, 0.15) is 43.4 Å². The molecule has 0 bridgehead atoms. The van der Waals surface area contributed by atoms with Crippen LogP contribution in [0.2, 0.25) is 0 Å². The maximum absolute atomic E-state index is 5.57. The topological polar surface area (TPSA) is 64.7 Å². The van der Waals surface area contributed by atoms with Gasteiger partial charge in [-0.1, -0.05) is 38.1 Å². The fraction of sp³-hybridized carbons (Fsp3) is 0.438. The van der Waals surface area contributed by atoms with Crippen LogP contribution in [0.4, 0.5) is 0 Å². The molecule has 0 radical (unpaired) electrons. The molecule has 2 rings (SSSR count). The third-order valence-corrected chi connectivity index (χ3v) is 3.51. The van der Waals surface area contributed by atoms with Crippen molar-refractivity contribution in [1.29, 1.82) is 0 Å². The van der Waals surface area contributed by atoms with E-state index < -0.39 is 0 Å². The van der Waals surface area contributed by atoms with Crippen LogP contribution < -0.4 is 5.73 Å². The molecule has 0 aliphatic carbocycles. The summed E-state index contributed by atoms with van der Waals surface area (Å²) >= 11 is 0. The third-order valence-electron chi connectivity index (χ3n) is 3.51. The summed E-state index contributed by atoms with van der Waals surface area (Å²) in [6, 6.07) is 8.49. The second kappa shape index (κ2) is 6.57. The first-order valence-electron chi connectivity index (χ1n) is 7.16. The minimum atomic E-state index is 0.551.